The molecule has 0 aliphatic carbocycles. The third-order valence-electron chi connectivity index (χ3n) is 9.87. The first kappa shape index (κ1) is 41.7. The molecule has 9 atom stereocenters. The highest BCUT2D eigenvalue weighted by atomic mass is 16.8. The van der Waals surface area contributed by atoms with Crippen molar-refractivity contribution in [1.29, 1.82) is 0 Å². The van der Waals surface area contributed by atoms with Crippen LogP contribution >= 0.6 is 0 Å². The number of hydrogen-bond acceptors (Lipinski definition) is 16. The number of ether oxygens (including phenoxy) is 8. The summed E-state index contributed by atoms with van der Waals surface area (Å²) >= 11 is 0. The van der Waals surface area contributed by atoms with Gasteiger partial charge in [0.15, 0.2) is 29.8 Å². The van der Waals surface area contributed by atoms with Crippen molar-refractivity contribution in [3.05, 3.63) is 83.6 Å². The second kappa shape index (κ2) is 18.5. The third-order valence-corrected chi connectivity index (χ3v) is 9.87. The number of carbonyl (C=O) groups is 5. The van der Waals surface area contributed by atoms with E-state index in [2.05, 4.69) is 11.5 Å². The molecule has 0 unspecified atom stereocenters. The summed E-state index contributed by atoms with van der Waals surface area (Å²) < 4.78 is 45.6. The van der Waals surface area contributed by atoms with E-state index in [0.29, 0.717) is 25.1 Å². The quantitative estimate of drug-likeness (QED) is 0.129. The van der Waals surface area contributed by atoms with Gasteiger partial charge in [0.05, 0.1) is 18.9 Å². The van der Waals surface area contributed by atoms with Crippen LogP contribution in [0.25, 0.3) is 0 Å². The van der Waals surface area contributed by atoms with E-state index >= 15 is 0 Å². The standard InChI is InChI=1S/C40H47NO15/c1-7-26-29(17-31-27-13-14-32(46)34(47)28(27)15-16-41(31)18-25-11-9-8-10-12-25)30(38(48)49-6)19-51-39(26)56-40-37(54-24(5)45)36(53-23(4)44)35(52-22(3)43)33(55-40)20-50-21(2)42/h7-14,19,26,29,31,33,35-37,39-40,46-47H,1,15-18,20H2,2-6H3/t26-,29+,31-,33-,35-,36+,37-,39+,40+/m1/s1. The number of benzene rings is 2. The summed E-state index contributed by atoms with van der Waals surface area (Å²) in [6.07, 6.45) is -5.13. The summed E-state index contributed by atoms with van der Waals surface area (Å²) in [6, 6.07) is 12.5. The Balaban J connectivity index is 1.54. The molecule has 2 aromatic rings. The largest absolute Gasteiger partial charge is 0.504 e. The fraction of sp³-hybridized carbons (Fsp3) is 0.475. The fourth-order valence-corrected chi connectivity index (χ4v) is 7.49. The van der Waals surface area contributed by atoms with Crippen LogP contribution in [0, 0.1) is 11.8 Å². The number of carbonyl (C=O) groups excluding carboxylic acids is 5. The van der Waals surface area contributed by atoms with E-state index < -0.39 is 91.3 Å². The van der Waals surface area contributed by atoms with Crippen LogP contribution < -0.4 is 0 Å². The minimum absolute atomic E-state index is 0.161. The van der Waals surface area contributed by atoms with Gasteiger partial charge in [0, 0.05) is 64.2 Å². The number of aromatic hydroxyl groups is 2. The van der Waals surface area contributed by atoms with Crippen molar-refractivity contribution >= 4 is 29.8 Å². The average Bonchev–Trinajstić information content (AvgIpc) is 3.15. The van der Waals surface area contributed by atoms with Gasteiger partial charge in [0.1, 0.15) is 12.7 Å². The summed E-state index contributed by atoms with van der Waals surface area (Å²) in [6.45, 7) is 9.10. The lowest BCUT2D eigenvalue weighted by Gasteiger charge is -2.46. The molecule has 1 saturated heterocycles. The molecule has 16 nitrogen and oxygen atoms in total. The predicted molar refractivity (Wildman–Crippen MR) is 193 cm³/mol. The molecule has 56 heavy (non-hydrogen) atoms. The molecule has 0 aromatic heterocycles. The predicted octanol–water partition coefficient (Wildman–Crippen LogP) is 3.52. The number of nitrogens with zero attached hydrogens (tertiary/aromatic N) is 1. The molecule has 3 heterocycles. The maximum atomic E-state index is 13.4. The molecule has 0 bridgehead atoms. The molecule has 0 saturated carbocycles. The van der Waals surface area contributed by atoms with Gasteiger partial charge < -0.3 is 48.1 Å². The number of rotatable bonds is 13. The van der Waals surface area contributed by atoms with Crippen LogP contribution in [0.5, 0.6) is 11.5 Å². The van der Waals surface area contributed by atoms with Crippen molar-refractivity contribution in [2.75, 3.05) is 20.3 Å². The Kier molecular flexibility index (Phi) is 13.7. The van der Waals surface area contributed by atoms with Crippen LogP contribution in [0.3, 0.4) is 0 Å². The zero-order valence-corrected chi connectivity index (χ0v) is 31.8. The maximum absolute atomic E-state index is 13.4. The SMILES string of the molecule is C=C[C@H]1[C@H](O[C@@H]2O[C@H](COC(C)=O)[C@@H](OC(C)=O)[C@H](OC(C)=O)[C@H]2OC(C)=O)OC=C(C(=O)OC)[C@H]1C[C@@H]1c2ccc(O)c(O)c2CCN1Cc1ccccc1. The van der Waals surface area contributed by atoms with E-state index in [1.165, 1.54) is 25.5 Å². The lowest BCUT2D eigenvalue weighted by Crippen LogP contribution is -2.63. The van der Waals surface area contributed by atoms with Crippen molar-refractivity contribution in [3.8, 4) is 11.5 Å². The number of hydrogen-bond donors (Lipinski definition) is 2. The van der Waals surface area contributed by atoms with Crippen LogP contribution in [0.4, 0.5) is 0 Å². The van der Waals surface area contributed by atoms with Crippen molar-refractivity contribution in [1.82, 2.24) is 4.90 Å². The highest BCUT2D eigenvalue weighted by Crippen LogP contribution is 2.46. The Morgan fingerprint density at radius 2 is 1.54 bits per heavy atom. The number of esters is 5. The maximum Gasteiger partial charge on any atom is 0.337 e. The molecule has 2 aromatic carbocycles. The summed E-state index contributed by atoms with van der Waals surface area (Å²) in [4.78, 5) is 64.5. The first-order valence-corrected chi connectivity index (χ1v) is 18.1. The number of fused-ring (bicyclic) bond motifs is 1. The van der Waals surface area contributed by atoms with Gasteiger partial charge in [-0.3, -0.25) is 24.1 Å². The molecule has 5 rings (SSSR count). The van der Waals surface area contributed by atoms with Crippen LogP contribution in [0.1, 0.15) is 56.8 Å². The van der Waals surface area contributed by atoms with Gasteiger partial charge in [-0.1, -0.05) is 42.5 Å². The minimum Gasteiger partial charge on any atom is -0.504 e. The Morgan fingerprint density at radius 1 is 0.875 bits per heavy atom. The van der Waals surface area contributed by atoms with Crippen LogP contribution in [0.15, 0.2) is 67.0 Å². The van der Waals surface area contributed by atoms with Gasteiger partial charge in [-0.15, -0.1) is 6.58 Å². The van der Waals surface area contributed by atoms with Gasteiger partial charge in [0.25, 0.3) is 0 Å². The molecule has 16 heteroatoms. The van der Waals surface area contributed by atoms with Crippen molar-refractivity contribution in [2.24, 2.45) is 11.8 Å². The average molecular weight is 782 g/mol. The molecule has 0 amide bonds. The Hall–Kier alpha value is -5.45. The summed E-state index contributed by atoms with van der Waals surface area (Å²) in [5, 5.41) is 21.3. The zero-order chi connectivity index (χ0) is 40.7. The molecule has 3 aliphatic rings. The van der Waals surface area contributed by atoms with Crippen molar-refractivity contribution in [2.45, 2.75) is 90.1 Å². The van der Waals surface area contributed by atoms with Crippen LogP contribution in [0.2, 0.25) is 0 Å². The molecule has 3 aliphatic heterocycles. The monoisotopic (exact) mass is 781 g/mol. The third kappa shape index (κ3) is 9.67. The van der Waals surface area contributed by atoms with Gasteiger partial charge in [-0.2, -0.15) is 0 Å². The Morgan fingerprint density at radius 3 is 2.16 bits per heavy atom. The van der Waals surface area contributed by atoms with Crippen LogP contribution in [-0.4, -0.2) is 102 Å². The Bertz CT molecular complexity index is 1810. The highest BCUT2D eigenvalue weighted by Gasteiger charge is 2.54. The van der Waals surface area contributed by atoms with Crippen LogP contribution in [-0.2, 0) is 74.8 Å². The first-order valence-electron chi connectivity index (χ1n) is 18.1. The smallest absolute Gasteiger partial charge is 0.337 e. The molecule has 1 fully saturated rings. The van der Waals surface area contributed by atoms with E-state index in [-0.39, 0.29) is 23.5 Å². The molecule has 0 spiro atoms. The highest BCUT2D eigenvalue weighted by molar-refractivity contribution is 5.89. The van der Waals surface area contributed by atoms with E-state index in [1.807, 2.05) is 30.3 Å². The van der Waals surface area contributed by atoms with Crippen molar-refractivity contribution < 1.29 is 72.1 Å². The first-order chi connectivity index (χ1) is 26.7. The summed E-state index contributed by atoms with van der Waals surface area (Å²) in [7, 11) is 1.24. The van der Waals surface area contributed by atoms with E-state index in [9.17, 15) is 34.2 Å². The van der Waals surface area contributed by atoms with Crippen molar-refractivity contribution in [3.63, 3.8) is 0 Å². The Labute approximate surface area is 323 Å². The van der Waals surface area contributed by atoms with Gasteiger partial charge in [-0.25, -0.2) is 4.79 Å². The number of phenolic OH excluding ortho intramolecular Hbond substituents is 2. The van der Waals surface area contributed by atoms with Gasteiger partial charge in [-0.05, 0) is 30.0 Å². The molecule has 302 valence electrons. The molecular weight excluding hydrogens is 734 g/mol. The summed E-state index contributed by atoms with van der Waals surface area (Å²) in [5.41, 5.74) is 2.52. The van der Waals surface area contributed by atoms with E-state index in [4.69, 9.17) is 37.9 Å². The minimum atomic E-state index is -1.58. The van der Waals surface area contributed by atoms with E-state index in [1.54, 1.807) is 6.07 Å². The number of methoxy groups -OCH3 is 1. The number of phenols is 2. The molecular formula is C40H47NO15. The summed E-state index contributed by atoms with van der Waals surface area (Å²) in [5.74, 6) is -5.77. The fourth-order valence-electron chi connectivity index (χ4n) is 7.49. The zero-order valence-electron chi connectivity index (χ0n) is 31.8. The second-order valence-electron chi connectivity index (χ2n) is 13.7. The lowest BCUT2D eigenvalue weighted by molar-refractivity contribution is -0.342. The van der Waals surface area contributed by atoms with E-state index in [0.717, 1.165) is 38.8 Å². The molecule has 2 N–H and O–H groups in total. The second-order valence-corrected chi connectivity index (χ2v) is 13.7. The topological polar surface area (TPSA) is 203 Å². The van der Waals surface area contributed by atoms with Gasteiger partial charge >= 0.3 is 29.8 Å². The van der Waals surface area contributed by atoms with Gasteiger partial charge in [0.2, 0.25) is 12.6 Å². The molecule has 0 radical (unpaired) electrons. The normalized spacial score (nSPS) is 27.3. The lowest BCUT2D eigenvalue weighted by atomic mass is 9.76.